The molecule has 112 valence electrons. The van der Waals surface area contributed by atoms with Crippen LogP contribution in [0.1, 0.15) is 21.5 Å². The first-order chi connectivity index (χ1) is 8.78. The first-order valence-corrected chi connectivity index (χ1v) is 6.81. The van der Waals surface area contributed by atoms with E-state index in [2.05, 4.69) is 0 Å². The topological polar surface area (TPSA) is 51.2 Å². The molecule has 0 aliphatic heterocycles. The molecule has 20 heavy (non-hydrogen) atoms. The minimum Gasteiger partial charge on any atom is -0.298 e. The van der Waals surface area contributed by atoms with Crippen molar-refractivity contribution < 1.29 is 39.6 Å². The van der Waals surface area contributed by atoms with Crippen molar-refractivity contribution in [2.75, 3.05) is 0 Å². The first kappa shape index (κ1) is 16.8. The van der Waals surface area contributed by atoms with E-state index in [4.69, 9.17) is 10.7 Å². The Labute approximate surface area is 112 Å². The van der Waals surface area contributed by atoms with Gasteiger partial charge in [0.15, 0.2) is 0 Å². The molecule has 11 heteroatoms. The van der Waals surface area contributed by atoms with Gasteiger partial charge < -0.3 is 0 Å². The van der Waals surface area contributed by atoms with Crippen LogP contribution in [0.2, 0.25) is 0 Å². The zero-order chi connectivity index (χ0) is 15.9. The molecule has 1 aromatic carbocycles. The number of carbonyl (C=O) groups excluding carboxylic acids is 1. The third-order valence-corrected chi connectivity index (χ3v) is 3.46. The van der Waals surface area contributed by atoms with Gasteiger partial charge in [0.05, 0.1) is 16.0 Å². The summed E-state index contributed by atoms with van der Waals surface area (Å²) >= 11 is 0. The van der Waals surface area contributed by atoms with Crippen LogP contribution in [0.15, 0.2) is 17.0 Å². The maximum absolute atomic E-state index is 12.7. The van der Waals surface area contributed by atoms with Crippen LogP contribution in [0.25, 0.3) is 0 Å². The summed E-state index contributed by atoms with van der Waals surface area (Å²) in [5.41, 5.74) is -5.65. The van der Waals surface area contributed by atoms with Crippen molar-refractivity contribution in [3.63, 3.8) is 0 Å². The maximum atomic E-state index is 12.7. The average molecular weight is 341 g/mol. The molecule has 0 saturated heterocycles. The Morgan fingerprint density at radius 1 is 1.00 bits per heavy atom. The van der Waals surface area contributed by atoms with Gasteiger partial charge >= 0.3 is 12.4 Å². The van der Waals surface area contributed by atoms with Gasteiger partial charge in [0.1, 0.15) is 6.29 Å². The van der Waals surface area contributed by atoms with E-state index in [1.54, 1.807) is 0 Å². The molecule has 0 unspecified atom stereocenters. The normalized spacial score (nSPS) is 13.3. The molecule has 0 aliphatic rings. The minimum atomic E-state index is -5.62. The number of alkyl halides is 6. The summed E-state index contributed by atoms with van der Waals surface area (Å²) < 4.78 is 98.0. The van der Waals surface area contributed by atoms with Gasteiger partial charge in [0.2, 0.25) is 0 Å². The van der Waals surface area contributed by atoms with E-state index < -0.39 is 43.0 Å². The van der Waals surface area contributed by atoms with E-state index in [9.17, 15) is 39.6 Å². The number of hydrogen-bond donors (Lipinski definition) is 0. The molecule has 3 nitrogen and oxygen atoms in total. The van der Waals surface area contributed by atoms with Gasteiger partial charge in [0.25, 0.3) is 9.05 Å². The molecular formula is C9H3ClF6O3S. The van der Waals surface area contributed by atoms with Crippen LogP contribution in [0.4, 0.5) is 26.3 Å². The molecule has 0 aromatic heterocycles. The van der Waals surface area contributed by atoms with Gasteiger partial charge in [-0.05, 0) is 12.1 Å². The number of benzene rings is 1. The summed E-state index contributed by atoms with van der Waals surface area (Å²) in [7, 11) is -0.429. The fourth-order valence-corrected chi connectivity index (χ4v) is 2.52. The molecule has 0 spiro atoms. The highest BCUT2D eigenvalue weighted by atomic mass is 35.7. The highest BCUT2D eigenvalue weighted by molar-refractivity contribution is 8.13. The lowest BCUT2D eigenvalue weighted by Crippen LogP contribution is -2.20. The highest BCUT2D eigenvalue weighted by Crippen LogP contribution is 2.44. The average Bonchev–Trinajstić information content (AvgIpc) is 2.23. The third-order valence-electron chi connectivity index (χ3n) is 2.11. The third kappa shape index (κ3) is 3.42. The van der Waals surface area contributed by atoms with Crippen molar-refractivity contribution in [3.8, 4) is 0 Å². The lowest BCUT2D eigenvalue weighted by atomic mass is 10.0. The van der Waals surface area contributed by atoms with Crippen LogP contribution in [-0.4, -0.2) is 14.7 Å². The Morgan fingerprint density at radius 2 is 1.50 bits per heavy atom. The van der Waals surface area contributed by atoms with Crippen LogP contribution in [0.5, 0.6) is 0 Å². The molecule has 0 heterocycles. The molecule has 1 rings (SSSR count). The Bertz CT molecular complexity index is 647. The molecule has 1 aromatic rings. The summed E-state index contributed by atoms with van der Waals surface area (Å²) in [6.07, 6.45) is -11.4. The van der Waals surface area contributed by atoms with Gasteiger partial charge in [-0.25, -0.2) is 8.42 Å². The fourth-order valence-electron chi connectivity index (χ4n) is 1.41. The van der Waals surface area contributed by atoms with Gasteiger partial charge in [-0.2, -0.15) is 26.3 Å². The van der Waals surface area contributed by atoms with E-state index in [1.165, 1.54) is 0 Å². The predicted molar refractivity (Wildman–Crippen MR) is 54.9 cm³/mol. The Hall–Kier alpha value is -1.29. The molecule has 0 bridgehead atoms. The predicted octanol–water partition coefficient (Wildman–Crippen LogP) is 3.46. The van der Waals surface area contributed by atoms with Gasteiger partial charge in [-0.3, -0.25) is 4.79 Å². The molecule has 0 amide bonds. The van der Waals surface area contributed by atoms with Gasteiger partial charge in [-0.1, -0.05) is 0 Å². The number of rotatable bonds is 2. The largest absolute Gasteiger partial charge is 0.418 e. The van der Waals surface area contributed by atoms with Crippen LogP contribution < -0.4 is 0 Å². The van der Waals surface area contributed by atoms with Crippen molar-refractivity contribution in [3.05, 3.63) is 28.8 Å². The summed E-state index contributed by atoms with van der Waals surface area (Å²) in [6, 6.07) is 0.0365. The van der Waals surface area contributed by atoms with Crippen molar-refractivity contribution in [2.24, 2.45) is 0 Å². The van der Waals surface area contributed by atoms with Crippen molar-refractivity contribution in [1.82, 2.24) is 0 Å². The van der Waals surface area contributed by atoms with Crippen LogP contribution in [0, 0.1) is 0 Å². The number of halogens is 7. The van der Waals surface area contributed by atoms with E-state index in [0.29, 0.717) is 0 Å². The summed E-state index contributed by atoms with van der Waals surface area (Å²) in [5, 5.41) is 0. The first-order valence-electron chi connectivity index (χ1n) is 4.50. The molecule has 0 radical (unpaired) electrons. The standard InChI is InChI=1S/C9H3ClF6O3S/c10-20(18,19)6-2-4(3-17)1-5(8(11,12)13)7(6)9(14,15)16/h1-3H. The summed E-state index contributed by atoms with van der Waals surface area (Å²) in [5.74, 6) is 0. The second-order valence-electron chi connectivity index (χ2n) is 3.49. The van der Waals surface area contributed by atoms with Crippen molar-refractivity contribution in [1.29, 1.82) is 0 Å². The second kappa shape index (κ2) is 4.92. The van der Waals surface area contributed by atoms with Crippen LogP contribution in [-0.2, 0) is 21.4 Å². The van der Waals surface area contributed by atoms with Gasteiger partial charge in [-0.15, -0.1) is 0 Å². The zero-order valence-electron chi connectivity index (χ0n) is 9.01. The van der Waals surface area contributed by atoms with Crippen molar-refractivity contribution in [2.45, 2.75) is 17.2 Å². The smallest absolute Gasteiger partial charge is 0.298 e. The Morgan fingerprint density at radius 3 is 1.80 bits per heavy atom. The number of aldehydes is 1. The summed E-state index contributed by atoms with van der Waals surface area (Å²) in [6.45, 7) is 0. The van der Waals surface area contributed by atoms with E-state index in [1.807, 2.05) is 0 Å². The number of hydrogen-bond acceptors (Lipinski definition) is 3. The van der Waals surface area contributed by atoms with E-state index in [-0.39, 0.29) is 18.4 Å². The van der Waals surface area contributed by atoms with E-state index in [0.717, 1.165) is 0 Å². The molecule has 0 N–H and O–H groups in total. The van der Waals surface area contributed by atoms with Crippen LogP contribution in [0.3, 0.4) is 0 Å². The van der Waals surface area contributed by atoms with E-state index >= 15 is 0 Å². The molecular weight excluding hydrogens is 338 g/mol. The molecule has 0 atom stereocenters. The second-order valence-corrected chi connectivity index (χ2v) is 6.03. The monoisotopic (exact) mass is 340 g/mol. The maximum Gasteiger partial charge on any atom is 0.418 e. The Balaban J connectivity index is 3.98. The number of carbonyl (C=O) groups is 1. The lowest BCUT2D eigenvalue weighted by Gasteiger charge is -2.18. The lowest BCUT2D eigenvalue weighted by molar-refractivity contribution is -0.163. The highest BCUT2D eigenvalue weighted by Gasteiger charge is 2.47. The molecule has 0 saturated carbocycles. The van der Waals surface area contributed by atoms with Crippen molar-refractivity contribution >= 4 is 26.0 Å². The zero-order valence-corrected chi connectivity index (χ0v) is 10.6. The Kier molecular flexibility index (Phi) is 4.12. The SMILES string of the molecule is O=Cc1cc(C(F)(F)F)c(C(F)(F)F)c(S(=O)(=O)Cl)c1. The minimum absolute atomic E-state index is 0.0958. The quantitative estimate of drug-likeness (QED) is 0.470. The summed E-state index contributed by atoms with van der Waals surface area (Å²) in [4.78, 5) is 8.62. The molecule has 0 fully saturated rings. The molecule has 0 aliphatic carbocycles. The fraction of sp³-hybridized carbons (Fsp3) is 0.222. The van der Waals surface area contributed by atoms with Gasteiger partial charge in [0, 0.05) is 16.2 Å². The van der Waals surface area contributed by atoms with Crippen LogP contribution >= 0.6 is 10.7 Å².